The number of fused-ring (bicyclic) bond motifs is 5. The highest BCUT2D eigenvalue weighted by Gasteiger charge is 2.57. The van der Waals surface area contributed by atoms with Crippen LogP contribution in [0.4, 0.5) is 11.5 Å². The molecule has 160 valence electrons. The fourth-order valence-electron chi connectivity index (χ4n) is 4.71. The van der Waals surface area contributed by atoms with Crippen LogP contribution in [0.25, 0.3) is 0 Å². The number of para-hydroxylation sites is 1. The monoisotopic (exact) mass is 428 g/mol. The molecule has 0 saturated heterocycles. The van der Waals surface area contributed by atoms with Crippen molar-refractivity contribution in [1.29, 1.82) is 0 Å². The summed E-state index contributed by atoms with van der Waals surface area (Å²) in [4.78, 5) is 24.1. The van der Waals surface area contributed by atoms with Crippen LogP contribution in [0, 0.1) is 0 Å². The van der Waals surface area contributed by atoms with Crippen molar-refractivity contribution in [1.82, 2.24) is 4.98 Å². The molecule has 1 spiro atoms. The van der Waals surface area contributed by atoms with Crippen LogP contribution in [-0.2, 0) is 16.8 Å². The zero-order valence-corrected chi connectivity index (χ0v) is 17.2. The predicted octanol–water partition coefficient (Wildman–Crippen LogP) is 2.70. The number of ether oxygens (including phenoxy) is 3. The summed E-state index contributed by atoms with van der Waals surface area (Å²) in [6, 6.07) is 15.3. The summed E-state index contributed by atoms with van der Waals surface area (Å²) in [5.74, 6) is 2.44. The van der Waals surface area contributed by atoms with Gasteiger partial charge >= 0.3 is 0 Å². The summed E-state index contributed by atoms with van der Waals surface area (Å²) in [5.41, 5.74) is 7.92. The van der Waals surface area contributed by atoms with Gasteiger partial charge in [0.25, 0.3) is 0 Å². The van der Waals surface area contributed by atoms with Crippen molar-refractivity contribution in [2.24, 2.45) is 10.7 Å². The van der Waals surface area contributed by atoms with Crippen LogP contribution in [0.1, 0.15) is 16.7 Å². The largest absolute Gasteiger partial charge is 0.491 e. The molecule has 8 nitrogen and oxygen atoms in total. The molecule has 0 fully saturated rings. The number of amides is 1. The molecule has 2 N–H and O–H groups in total. The van der Waals surface area contributed by atoms with Gasteiger partial charge in [0, 0.05) is 23.5 Å². The number of benzene rings is 2. The van der Waals surface area contributed by atoms with Gasteiger partial charge < -0.3 is 24.8 Å². The minimum atomic E-state index is -0.918. The van der Waals surface area contributed by atoms with Gasteiger partial charge in [-0.3, -0.25) is 4.79 Å². The maximum atomic E-state index is 14.0. The van der Waals surface area contributed by atoms with E-state index in [1.54, 1.807) is 17.2 Å². The van der Waals surface area contributed by atoms with E-state index in [0.29, 0.717) is 42.8 Å². The van der Waals surface area contributed by atoms with Crippen molar-refractivity contribution in [3.8, 4) is 17.2 Å². The first-order chi connectivity index (χ1) is 15.7. The molecule has 1 unspecified atom stereocenters. The molecule has 6 rings (SSSR count). The molecule has 32 heavy (non-hydrogen) atoms. The van der Waals surface area contributed by atoms with Crippen LogP contribution in [-0.4, -0.2) is 37.1 Å². The fraction of sp³-hybridized carbons (Fsp3) is 0.208. The smallest absolute Gasteiger partial charge is 0.246 e. The minimum Gasteiger partial charge on any atom is -0.491 e. The van der Waals surface area contributed by atoms with E-state index in [4.69, 9.17) is 19.9 Å². The van der Waals surface area contributed by atoms with Crippen LogP contribution in [0.3, 0.4) is 0 Å². The lowest BCUT2D eigenvalue weighted by molar-refractivity contribution is -0.122. The average molecular weight is 428 g/mol. The number of aliphatic imine (C=N–C) groups is 1. The van der Waals surface area contributed by atoms with Crippen LogP contribution in [0.15, 0.2) is 59.7 Å². The number of hydrogen-bond donors (Lipinski definition) is 1. The van der Waals surface area contributed by atoms with Crippen molar-refractivity contribution >= 4 is 23.8 Å². The Balaban J connectivity index is 1.43. The Labute approximate surface area is 184 Å². The lowest BCUT2D eigenvalue weighted by atomic mass is 9.77. The number of hydrogen-bond acceptors (Lipinski definition) is 6. The zero-order chi connectivity index (χ0) is 21.7. The second-order valence-electron chi connectivity index (χ2n) is 7.90. The highest BCUT2D eigenvalue weighted by atomic mass is 16.6. The summed E-state index contributed by atoms with van der Waals surface area (Å²) in [7, 11) is 0. The predicted molar refractivity (Wildman–Crippen MR) is 118 cm³/mol. The van der Waals surface area contributed by atoms with E-state index in [1.165, 1.54) is 6.34 Å². The molecule has 0 aliphatic carbocycles. The van der Waals surface area contributed by atoms with E-state index in [2.05, 4.69) is 9.98 Å². The van der Waals surface area contributed by atoms with Gasteiger partial charge in [-0.05, 0) is 29.3 Å². The standard InChI is InChI=1S/C24H20N4O4/c25-14-27-22-6-5-15(11-26-22)12-28-18-4-2-1-3-16(18)24(23(28)29)13-32-19-10-21-20(9-17(19)24)30-7-8-31-21/h1-6,9-11,14H,7-8,12-13H2,(H2,25,26,27). The van der Waals surface area contributed by atoms with Crippen molar-refractivity contribution in [3.63, 3.8) is 0 Å². The summed E-state index contributed by atoms with van der Waals surface area (Å²) in [5, 5.41) is 0. The molecule has 0 bridgehead atoms. The van der Waals surface area contributed by atoms with Crippen molar-refractivity contribution in [2.75, 3.05) is 24.7 Å². The fourth-order valence-corrected chi connectivity index (χ4v) is 4.71. The van der Waals surface area contributed by atoms with E-state index < -0.39 is 5.41 Å². The van der Waals surface area contributed by atoms with Crippen LogP contribution in [0.2, 0.25) is 0 Å². The molecule has 3 aliphatic rings. The Hall–Kier alpha value is -4.07. The summed E-state index contributed by atoms with van der Waals surface area (Å²) < 4.78 is 17.5. The summed E-state index contributed by atoms with van der Waals surface area (Å²) in [6.07, 6.45) is 2.92. The lowest BCUT2D eigenvalue weighted by Crippen LogP contribution is -2.42. The number of pyridine rings is 1. The number of carbonyl (C=O) groups excluding carboxylic acids is 1. The Kier molecular flexibility index (Phi) is 4.07. The molecular weight excluding hydrogens is 408 g/mol. The van der Waals surface area contributed by atoms with Crippen molar-refractivity contribution in [2.45, 2.75) is 12.0 Å². The normalized spacial score (nSPS) is 20.5. The third-order valence-electron chi connectivity index (χ3n) is 6.17. The first-order valence-corrected chi connectivity index (χ1v) is 10.4. The first-order valence-electron chi connectivity index (χ1n) is 10.4. The topological polar surface area (TPSA) is 99.3 Å². The molecule has 0 radical (unpaired) electrons. The maximum Gasteiger partial charge on any atom is 0.246 e. The first kappa shape index (κ1) is 18.7. The summed E-state index contributed by atoms with van der Waals surface area (Å²) in [6.45, 7) is 1.60. The Morgan fingerprint density at radius 1 is 1.03 bits per heavy atom. The van der Waals surface area contributed by atoms with Gasteiger partial charge in [-0.1, -0.05) is 24.3 Å². The Morgan fingerprint density at radius 2 is 1.84 bits per heavy atom. The van der Waals surface area contributed by atoms with Crippen LogP contribution in [0.5, 0.6) is 17.2 Å². The van der Waals surface area contributed by atoms with Gasteiger partial charge in [0.2, 0.25) is 5.91 Å². The van der Waals surface area contributed by atoms with E-state index in [1.807, 2.05) is 42.5 Å². The highest BCUT2D eigenvalue weighted by Crippen LogP contribution is 2.54. The molecule has 2 aromatic carbocycles. The van der Waals surface area contributed by atoms with Gasteiger partial charge in [0.05, 0.1) is 12.9 Å². The minimum absolute atomic E-state index is 0.0295. The van der Waals surface area contributed by atoms with Gasteiger partial charge in [-0.2, -0.15) is 0 Å². The number of anilines is 1. The van der Waals surface area contributed by atoms with E-state index in [-0.39, 0.29) is 12.5 Å². The second-order valence-corrected chi connectivity index (χ2v) is 7.90. The molecule has 1 amide bonds. The summed E-state index contributed by atoms with van der Waals surface area (Å²) >= 11 is 0. The van der Waals surface area contributed by atoms with E-state index in [9.17, 15) is 4.79 Å². The third-order valence-corrected chi connectivity index (χ3v) is 6.17. The number of carbonyl (C=O) groups is 1. The van der Waals surface area contributed by atoms with E-state index in [0.717, 1.165) is 22.4 Å². The highest BCUT2D eigenvalue weighted by molar-refractivity contribution is 6.11. The maximum absolute atomic E-state index is 14.0. The number of nitrogens with two attached hydrogens (primary N) is 1. The van der Waals surface area contributed by atoms with Crippen molar-refractivity contribution in [3.05, 3.63) is 71.4 Å². The molecule has 4 heterocycles. The van der Waals surface area contributed by atoms with Crippen molar-refractivity contribution < 1.29 is 19.0 Å². The van der Waals surface area contributed by atoms with Gasteiger partial charge in [0.1, 0.15) is 31.0 Å². The SMILES string of the molecule is NC=Nc1ccc(CN2C(=O)C3(COc4cc5c(cc43)OCCO5)c3ccccc32)cn1. The molecule has 3 aliphatic heterocycles. The molecule has 3 aromatic rings. The second kappa shape index (κ2) is 6.98. The average Bonchev–Trinajstić information content (AvgIpc) is 3.31. The molecule has 1 aromatic heterocycles. The van der Waals surface area contributed by atoms with E-state index >= 15 is 0 Å². The third kappa shape index (κ3) is 2.59. The molecular formula is C24H20N4O4. The van der Waals surface area contributed by atoms with Gasteiger partial charge in [0.15, 0.2) is 17.3 Å². The quantitative estimate of drug-likeness (QED) is 0.509. The lowest BCUT2D eigenvalue weighted by Gasteiger charge is -2.24. The molecule has 0 saturated carbocycles. The Morgan fingerprint density at radius 3 is 2.62 bits per heavy atom. The zero-order valence-electron chi connectivity index (χ0n) is 17.2. The van der Waals surface area contributed by atoms with Gasteiger partial charge in [-0.15, -0.1) is 0 Å². The number of rotatable bonds is 3. The number of aromatic nitrogens is 1. The Bertz CT molecular complexity index is 1260. The molecule has 8 heteroatoms. The van der Waals surface area contributed by atoms with Gasteiger partial charge in [-0.25, -0.2) is 9.98 Å². The number of nitrogens with zero attached hydrogens (tertiary/aromatic N) is 3. The van der Waals surface area contributed by atoms with Crippen LogP contribution >= 0.6 is 0 Å². The molecule has 1 atom stereocenters. The van der Waals surface area contributed by atoms with Crippen LogP contribution < -0.4 is 24.8 Å².